The summed E-state index contributed by atoms with van der Waals surface area (Å²) in [5.41, 5.74) is 1.11. The molecule has 0 saturated carbocycles. The van der Waals surface area contributed by atoms with Crippen LogP contribution in [0.2, 0.25) is 0 Å². The number of nitrogens with one attached hydrogen (secondary N) is 1. The number of amides is 1. The van der Waals surface area contributed by atoms with Gasteiger partial charge in [0.1, 0.15) is 12.4 Å². The minimum atomic E-state index is -0.332. The summed E-state index contributed by atoms with van der Waals surface area (Å²) in [4.78, 5) is 24.4. The summed E-state index contributed by atoms with van der Waals surface area (Å²) in [7, 11) is 1.43. The van der Waals surface area contributed by atoms with Crippen molar-refractivity contribution in [2.75, 3.05) is 51.9 Å². The van der Waals surface area contributed by atoms with Gasteiger partial charge < -0.3 is 19.7 Å². The zero-order valence-electron chi connectivity index (χ0n) is 16.7. The lowest BCUT2D eigenvalue weighted by atomic mass is 9.85. The topological polar surface area (TPSA) is 69.3 Å². The molecule has 0 bridgehead atoms. The molecule has 0 spiro atoms. The standard InChI is InChI=1S/C20H30N2O5/c1-6-18(23)21-17-14-15(26-12-9-22-7-10-25-11-8-22)13-16(20(2,3)4)19(17)27-24-5/h6,13-14H,1,7-12H2,2-5H3,(H,21,23). The molecule has 1 saturated heterocycles. The van der Waals surface area contributed by atoms with Gasteiger partial charge in [0.05, 0.1) is 26.0 Å². The van der Waals surface area contributed by atoms with E-state index in [2.05, 4.69) is 37.6 Å². The first-order chi connectivity index (χ1) is 12.8. The van der Waals surface area contributed by atoms with Crippen LogP contribution in [-0.4, -0.2) is 57.4 Å². The number of rotatable bonds is 8. The average Bonchev–Trinajstić information content (AvgIpc) is 2.63. The SMILES string of the molecule is C=CC(=O)Nc1cc(OCCN2CCOCC2)cc(C(C)(C)C)c1OOC. The second-order valence-electron chi connectivity index (χ2n) is 7.34. The number of anilines is 1. The third-order valence-electron chi connectivity index (χ3n) is 4.26. The van der Waals surface area contributed by atoms with Crippen molar-refractivity contribution in [3.63, 3.8) is 0 Å². The number of nitrogens with zero attached hydrogens (tertiary/aromatic N) is 1. The second kappa shape index (κ2) is 9.73. The van der Waals surface area contributed by atoms with E-state index in [9.17, 15) is 4.79 Å². The van der Waals surface area contributed by atoms with Gasteiger partial charge in [-0.05, 0) is 17.6 Å². The fourth-order valence-corrected chi connectivity index (χ4v) is 2.81. The minimum Gasteiger partial charge on any atom is -0.492 e. The van der Waals surface area contributed by atoms with Gasteiger partial charge >= 0.3 is 0 Å². The summed E-state index contributed by atoms with van der Waals surface area (Å²) >= 11 is 0. The van der Waals surface area contributed by atoms with E-state index in [1.54, 1.807) is 6.07 Å². The van der Waals surface area contributed by atoms with Crippen molar-refractivity contribution in [1.82, 2.24) is 4.90 Å². The number of hydrogen-bond acceptors (Lipinski definition) is 6. The Bertz CT molecular complexity index is 649. The summed E-state index contributed by atoms with van der Waals surface area (Å²) in [6.07, 6.45) is 1.21. The molecule has 1 N–H and O–H groups in total. The highest BCUT2D eigenvalue weighted by atomic mass is 17.2. The highest BCUT2D eigenvalue weighted by molar-refractivity contribution is 6.00. The smallest absolute Gasteiger partial charge is 0.247 e. The van der Waals surface area contributed by atoms with Crippen molar-refractivity contribution >= 4 is 11.6 Å². The van der Waals surface area contributed by atoms with Gasteiger partial charge in [-0.1, -0.05) is 27.4 Å². The summed E-state index contributed by atoms with van der Waals surface area (Å²) in [6.45, 7) is 14.4. The lowest BCUT2D eigenvalue weighted by Gasteiger charge is -2.27. The zero-order chi connectivity index (χ0) is 19.9. The van der Waals surface area contributed by atoms with Gasteiger partial charge in [-0.3, -0.25) is 9.69 Å². The van der Waals surface area contributed by atoms with Crippen LogP contribution in [0.1, 0.15) is 26.3 Å². The van der Waals surface area contributed by atoms with Crippen LogP contribution < -0.4 is 14.9 Å². The third-order valence-corrected chi connectivity index (χ3v) is 4.26. The van der Waals surface area contributed by atoms with Crippen molar-refractivity contribution in [3.05, 3.63) is 30.4 Å². The predicted octanol–water partition coefficient (Wildman–Crippen LogP) is 2.76. The molecular formula is C20H30N2O5. The summed E-state index contributed by atoms with van der Waals surface area (Å²) < 4.78 is 11.3. The van der Waals surface area contributed by atoms with Crippen LogP contribution in [0.5, 0.6) is 11.5 Å². The summed E-state index contributed by atoms with van der Waals surface area (Å²) in [6, 6.07) is 3.67. The number of benzene rings is 1. The largest absolute Gasteiger partial charge is 0.492 e. The molecule has 0 unspecified atom stereocenters. The van der Waals surface area contributed by atoms with Gasteiger partial charge in [-0.15, -0.1) is 0 Å². The average molecular weight is 378 g/mol. The number of morpholine rings is 1. The van der Waals surface area contributed by atoms with Crippen LogP contribution in [0.3, 0.4) is 0 Å². The first kappa shape index (κ1) is 21.2. The van der Waals surface area contributed by atoms with E-state index in [1.807, 2.05) is 6.07 Å². The van der Waals surface area contributed by atoms with Gasteiger partial charge in [0.2, 0.25) is 5.91 Å². The van der Waals surface area contributed by atoms with Gasteiger partial charge in [0.25, 0.3) is 0 Å². The van der Waals surface area contributed by atoms with E-state index < -0.39 is 0 Å². The van der Waals surface area contributed by atoms with E-state index in [0.29, 0.717) is 23.8 Å². The molecule has 1 aromatic rings. The molecule has 0 radical (unpaired) electrons. The number of carbonyl (C=O) groups is 1. The first-order valence-electron chi connectivity index (χ1n) is 9.10. The van der Waals surface area contributed by atoms with Crippen LogP contribution >= 0.6 is 0 Å². The third kappa shape index (κ3) is 6.23. The molecule has 0 aromatic heterocycles. The summed E-state index contributed by atoms with van der Waals surface area (Å²) in [5, 5.41) is 2.77. The van der Waals surface area contributed by atoms with Crippen LogP contribution in [0.4, 0.5) is 5.69 Å². The molecule has 27 heavy (non-hydrogen) atoms. The van der Waals surface area contributed by atoms with Crippen molar-refractivity contribution in [2.24, 2.45) is 0 Å². The van der Waals surface area contributed by atoms with Gasteiger partial charge in [0, 0.05) is 31.3 Å². The fourth-order valence-electron chi connectivity index (χ4n) is 2.81. The maximum absolute atomic E-state index is 11.8. The van der Waals surface area contributed by atoms with Gasteiger partial charge in [-0.2, -0.15) is 4.89 Å². The van der Waals surface area contributed by atoms with Crippen molar-refractivity contribution in [2.45, 2.75) is 26.2 Å². The molecule has 1 amide bonds. The first-order valence-corrected chi connectivity index (χ1v) is 9.10. The molecule has 1 aliphatic rings. The quantitative estimate of drug-likeness (QED) is 0.426. The van der Waals surface area contributed by atoms with E-state index in [1.165, 1.54) is 13.2 Å². The van der Waals surface area contributed by atoms with Gasteiger partial charge in [0.15, 0.2) is 5.75 Å². The second-order valence-corrected chi connectivity index (χ2v) is 7.34. The Morgan fingerprint density at radius 3 is 2.63 bits per heavy atom. The molecular weight excluding hydrogens is 348 g/mol. The molecule has 1 aromatic carbocycles. The number of hydrogen-bond donors (Lipinski definition) is 1. The Kier molecular flexibility index (Phi) is 7.65. The molecule has 1 fully saturated rings. The summed E-state index contributed by atoms with van der Waals surface area (Å²) in [5.74, 6) is 0.790. The van der Waals surface area contributed by atoms with Gasteiger partial charge in [-0.25, -0.2) is 0 Å². The highest BCUT2D eigenvalue weighted by Crippen LogP contribution is 2.40. The highest BCUT2D eigenvalue weighted by Gasteiger charge is 2.25. The fraction of sp³-hybridized carbons (Fsp3) is 0.550. The Morgan fingerprint density at radius 2 is 2.04 bits per heavy atom. The van der Waals surface area contributed by atoms with Crippen LogP contribution in [-0.2, 0) is 19.8 Å². The maximum Gasteiger partial charge on any atom is 0.247 e. The van der Waals surface area contributed by atoms with Crippen LogP contribution in [0.15, 0.2) is 24.8 Å². The van der Waals surface area contributed by atoms with E-state index in [-0.39, 0.29) is 11.3 Å². The van der Waals surface area contributed by atoms with E-state index >= 15 is 0 Å². The molecule has 150 valence electrons. The van der Waals surface area contributed by atoms with Crippen molar-refractivity contribution in [1.29, 1.82) is 0 Å². The molecule has 0 aliphatic carbocycles. The molecule has 7 nitrogen and oxygen atoms in total. The molecule has 0 atom stereocenters. The predicted molar refractivity (Wildman–Crippen MR) is 104 cm³/mol. The Hall–Kier alpha value is -2.09. The van der Waals surface area contributed by atoms with Crippen molar-refractivity contribution < 1.29 is 24.0 Å². The van der Waals surface area contributed by atoms with Crippen molar-refractivity contribution in [3.8, 4) is 11.5 Å². The molecule has 2 rings (SSSR count). The normalized spacial score (nSPS) is 15.3. The molecule has 1 heterocycles. The lowest BCUT2D eigenvalue weighted by molar-refractivity contribution is -0.178. The zero-order valence-corrected chi connectivity index (χ0v) is 16.7. The lowest BCUT2D eigenvalue weighted by Crippen LogP contribution is -2.38. The Labute approximate surface area is 161 Å². The Balaban J connectivity index is 2.23. The monoisotopic (exact) mass is 378 g/mol. The van der Waals surface area contributed by atoms with Crippen LogP contribution in [0, 0.1) is 0 Å². The Morgan fingerprint density at radius 1 is 1.33 bits per heavy atom. The van der Waals surface area contributed by atoms with E-state index in [0.717, 1.165) is 38.4 Å². The molecule has 1 aliphatic heterocycles. The molecule has 7 heteroatoms. The number of carbonyl (C=O) groups excluding carboxylic acids is 1. The maximum atomic E-state index is 11.8. The number of ether oxygens (including phenoxy) is 2. The minimum absolute atomic E-state index is 0.245. The van der Waals surface area contributed by atoms with E-state index in [4.69, 9.17) is 19.2 Å². The van der Waals surface area contributed by atoms with Crippen LogP contribution in [0.25, 0.3) is 0 Å².